The molecule has 1 saturated heterocycles. The fourth-order valence-electron chi connectivity index (χ4n) is 3.62. The van der Waals surface area contributed by atoms with E-state index in [1.165, 1.54) is 12.1 Å². The minimum atomic E-state index is -0.653. The van der Waals surface area contributed by atoms with Crippen LogP contribution in [0.3, 0.4) is 0 Å². The molecular formula is C24H30N2O5. The Hall–Kier alpha value is -3.22. The van der Waals surface area contributed by atoms with Crippen LogP contribution >= 0.6 is 0 Å². The van der Waals surface area contributed by atoms with Crippen molar-refractivity contribution in [2.75, 3.05) is 32.8 Å². The first-order chi connectivity index (χ1) is 14.8. The number of hydrogen-bond acceptors (Lipinski definition) is 5. The normalized spacial score (nSPS) is 15.2. The molecule has 1 fully saturated rings. The van der Waals surface area contributed by atoms with Gasteiger partial charge in [0.05, 0.1) is 0 Å². The Labute approximate surface area is 183 Å². The van der Waals surface area contributed by atoms with Crippen LogP contribution in [0, 0.1) is 13.8 Å². The van der Waals surface area contributed by atoms with Gasteiger partial charge in [0.1, 0.15) is 17.2 Å². The highest BCUT2D eigenvalue weighted by Gasteiger charge is 2.26. The molecule has 3 rings (SSSR count). The molecule has 1 atom stereocenters. The van der Waals surface area contributed by atoms with Crippen LogP contribution in [0.5, 0.6) is 17.2 Å². The smallest absolute Gasteiger partial charge is 0.263 e. The molecule has 2 aromatic rings. The first-order valence-electron chi connectivity index (χ1n) is 10.6. The summed E-state index contributed by atoms with van der Waals surface area (Å²) in [5, 5.41) is 9.36. The molecule has 1 N–H and O–H groups in total. The summed E-state index contributed by atoms with van der Waals surface area (Å²) in [5.74, 6) is 1.18. The predicted octanol–water partition coefficient (Wildman–Crippen LogP) is 2.92. The second-order valence-corrected chi connectivity index (χ2v) is 7.87. The maximum Gasteiger partial charge on any atom is 0.263 e. The second kappa shape index (κ2) is 10.2. The Kier molecular flexibility index (Phi) is 7.39. The van der Waals surface area contributed by atoms with Gasteiger partial charge in [-0.1, -0.05) is 17.7 Å². The molecule has 7 nitrogen and oxygen atoms in total. The largest absolute Gasteiger partial charge is 0.508 e. The van der Waals surface area contributed by atoms with Crippen LogP contribution in [0.1, 0.15) is 24.5 Å². The molecule has 0 bridgehead atoms. The van der Waals surface area contributed by atoms with Gasteiger partial charge in [0.15, 0.2) is 12.7 Å². The minimum Gasteiger partial charge on any atom is -0.508 e. The number of ether oxygens (including phenoxy) is 2. The van der Waals surface area contributed by atoms with Gasteiger partial charge in [-0.25, -0.2) is 0 Å². The summed E-state index contributed by atoms with van der Waals surface area (Å²) in [6.07, 6.45) is 0.0482. The van der Waals surface area contributed by atoms with Gasteiger partial charge < -0.3 is 24.4 Å². The maximum atomic E-state index is 12.8. The lowest BCUT2D eigenvalue weighted by Gasteiger charge is -2.25. The van der Waals surface area contributed by atoms with Crippen molar-refractivity contribution < 1.29 is 24.2 Å². The summed E-state index contributed by atoms with van der Waals surface area (Å²) >= 11 is 0. The molecule has 1 unspecified atom stereocenters. The lowest BCUT2D eigenvalue weighted by atomic mass is 10.1. The van der Waals surface area contributed by atoms with Crippen molar-refractivity contribution in [2.45, 2.75) is 33.3 Å². The molecule has 31 heavy (non-hydrogen) atoms. The molecule has 0 aliphatic carbocycles. The summed E-state index contributed by atoms with van der Waals surface area (Å²) < 4.78 is 11.4. The van der Waals surface area contributed by atoms with Crippen molar-refractivity contribution in [2.24, 2.45) is 0 Å². The number of benzene rings is 2. The number of phenols is 1. The average Bonchev–Trinajstić information content (AvgIpc) is 3.00. The van der Waals surface area contributed by atoms with Crippen LogP contribution in [0.2, 0.25) is 0 Å². The van der Waals surface area contributed by atoms with Crippen molar-refractivity contribution in [3.8, 4) is 17.2 Å². The molecule has 0 saturated carbocycles. The highest BCUT2D eigenvalue weighted by atomic mass is 16.5. The monoisotopic (exact) mass is 426 g/mol. The number of nitrogens with zero attached hydrogens (tertiary/aromatic N) is 2. The van der Waals surface area contributed by atoms with Crippen LogP contribution in [-0.2, 0) is 9.59 Å². The van der Waals surface area contributed by atoms with Crippen LogP contribution in [0.4, 0.5) is 0 Å². The molecular weight excluding hydrogens is 396 g/mol. The zero-order valence-electron chi connectivity index (χ0n) is 18.3. The summed E-state index contributed by atoms with van der Waals surface area (Å²) in [6.45, 7) is 7.76. The average molecular weight is 427 g/mol. The standard InChI is InChI=1S/C24H30N2O5/c1-17-5-10-22(18(2)15-17)30-16-23(28)25-11-4-12-26(14-13-25)24(29)19(3)31-21-8-6-20(27)7-9-21/h5-10,15,19,27H,4,11-14,16H2,1-3H3. The van der Waals surface area contributed by atoms with E-state index in [4.69, 9.17) is 9.47 Å². The molecule has 0 spiro atoms. The van der Waals surface area contributed by atoms with Crippen LogP contribution in [0.15, 0.2) is 42.5 Å². The number of amides is 2. The Morgan fingerprint density at radius 3 is 2.39 bits per heavy atom. The number of carbonyl (C=O) groups excluding carboxylic acids is 2. The van der Waals surface area contributed by atoms with E-state index in [0.717, 1.165) is 11.1 Å². The number of aryl methyl sites for hydroxylation is 2. The number of aromatic hydroxyl groups is 1. The zero-order chi connectivity index (χ0) is 22.4. The third-order valence-electron chi connectivity index (χ3n) is 5.34. The van der Waals surface area contributed by atoms with Gasteiger partial charge in [0.25, 0.3) is 11.8 Å². The Morgan fingerprint density at radius 1 is 1.00 bits per heavy atom. The molecule has 1 aliphatic rings. The lowest BCUT2D eigenvalue weighted by Crippen LogP contribution is -2.43. The van der Waals surface area contributed by atoms with E-state index in [-0.39, 0.29) is 24.2 Å². The quantitative estimate of drug-likeness (QED) is 0.768. The highest BCUT2D eigenvalue weighted by molar-refractivity contribution is 5.81. The van der Waals surface area contributed by atoms with Crippen LogP contribution in [0.25, 0.3) is 0 Å². The molecule has 2 aromatic carbocycles. The molecule has 1 aliphatic heterocycles. The third-order valence-corrected chi connectivity index (χ3v) is 5.34. The van der Waals surface area contributed by atoms with Crippen molar-refractivity contribution in [3.63, 3.8) is 0 Å². The van der Waals surface area contributed by atoms with Gasteiger partial charge in [-0.3, -0.25) is 9.59 Å². The van der Waals surface area contributed by atoms with Crippen LogP contribution in [-0.4, -0.2) is 65.6 Å². The Morgan fingerprint density at radius 2 is 1.68 bits per heavy atom. The van der Waals surface area contributed by atoms with E-state index in [0.29, 0.717) is 44.1 Å². The first-order valence-corrected chi connectivity index (χ1v) is 10.6. The SMILES string of the molecule is Cc1ccc(OCC(=O)N2CCCN(C(=O)C(C)Oc3ccc(O)cc3)CC2)c(C)c1. The van der Waals surface area contributed by atoms with Gasteiger partial charge in [-0.05, 0) is 63.1 Å². The van der Waals surface area contributed by atoms with Gasteiger partial charge >= 0.3 is 0 Å². The van der Waals surface area contributed by atoms with Gasteiger partial charge in [0, 0.05) is 26.2 Å². The first kappa shape index (κ1) is 22.5. The molecule has 0 radical (unpaired) electrons. The van der Waals surface area contributed by atoms with E-state index in [9.17, 15) is 14.7 Å². The van der Waals surface area contributed by atoms with Gasteiger partial charge in [-0.2, -0.15) is 0 Å². The number of phenolic OH excluding ortho intramolecular Hbond substituents is 1. The Balaban J connectivity index is 1.50. The molecule has 7 heteroatoms. The van der Waals surface area contributed by atoms with Gasteiger partial charge in [-0.15, -0.1) is 0 Å². The van der Waals surface area contributed by atoms with E-state index in [2.05, 4.69) is 0 Å². The Bertz CT molecular complexity index is 913. The van der Waals surface area contributed by atoms with Crippen molar-refractivity contribution in [3.05, 3.63) is 53.6 Å². The highest BCUT2D eigenvalue weighted by Crippen LogP contribution is 2.20. The minimum absolute atomic E-state index is 0.0157. The van der Waals surface area contributed by atoms with E-state index in [1.807, 2.05) is 32.0 Å². The summed E-state index contributed by atoms with van der Waals surface area (Å²) in [6, 6.07) is 12.1. The molecule has 1 heterocycles. The van der Waals surface area contributed by atoms with Crippen molar-refractivity contribution >= 4 is 11.8 Å². The zero-order valence-corrected chi connectivity index (χ0v) is 18.3. The topological polar surface area (TPSA) is 79.3 Å². The third kappa shape index (κ3) is 6.13. The molecule has 2 amide bonds. The van der Waals surface area contributed by atoms with Gasteiger partial charge in [0.2, 0.25) is 0 Å². The van der Waals surface area contributed by atoms with E-state index >= 15 is 0 Å². The summed E-state index contributed by atoms with van der Waals surface area (Å²) in [4.78, 5) is 28.9. The van der Waals surface area contributed by atoms with E-state index in [1.54, 1.807) is 28.9 Å². The van der Waals surface area contributed by atoms with Crippen LogP contribution < -0.4 is 9.47 Å². The molecule has 166 valence electrons. The van der Waals surface area contributed by atoms with Crippen molar-refractivity contribution in [1.29, 1.82) is 0 Å². The fraction of sp³-hybridized carbons (Fsp3) is 0.417. The number of rotatable bonds is 6. The summed E-state index contributed by atoms with van der Waals surface area (Å²) in [5.41, 5.74) is 2.15. The fourth-order valence-corrected chi connectivity index (χ4v) is 3.62. The van der Waals surface area contributed by atoms with Crippen molar-refractivity contribution in [1.82, 2.24) is 9.80 Å². The number of carbonyl (C=O) groups is 2. The predicted molar refractivity (Wildman–Crippen MR) is 117 cm³/mol. The summed E-state index contributed by atoms with van der Waals surface area (Å²) in [7, 11) is 0. The second-order valence-electron chi connectivity index (χ2n) is 7.87. The molecule has 0 aromatic heterocycles. The number of hydrogen-bond donors (Lipinski definition) is 1. The van der Waals surface area contributed by atoms with E-state index < -0.39 is 6.10 Å². The lowest BCUT2D eigenvalue weighted by molar-refractivity contribution is -0.138. The maximum absolute atomic E-state index is 12.8.